The van der Waals surface area contributed by atoms with Crippen molar-refractivity contribution in [3.8, 4) is 0 Å². The molecule has 2 fully saturated rings. The molecule has 11 heavy (non-hydrogen) atoms. The molecular formula is C6H10ClF2NO. The number of hydrogen-bond donors (Lipinski definition) is 1. The zero-order valence-electron chi connectivity index (χ0n) is 5.80. The lowest BCUT2D eigenvalue weighted by Crippen LogP contribution is -2.34. The fraction of sp³-hybridized carbons (Fsp3) is 1.00. The van der Waals surface area contributed by atoms with Crippen LogP contribution in [0.1, 0.15) is 0 Å². The van der Waals surface area contributed by atoms with Gasteiger partial charge in [0, 0.05) is 6.04 Å². The minimum absolute atomic E-state index is 0. The van der Waals surface area contributed by atoms with Crippen molar-refractivity contribution in [2.75, 3.05) is 13.2 Å². The maximum absolute atomic E-state index is 12.6. The summed E-state index contributed by atoms with van der Waals surface area (Å²) in [4.78, 5) is 0. The van der Waals surface area contributed by atoms with Crippen LogP contribution in [-0.4, -0.2) is 25.2 Å². The first kappa shape index (κ1) is 9.16. The largest absolute Gasteiger partial charge is 0.379 e. The Morgan fingerprint density at radius 1 is 1.36 bits per heavy atom. The van der Waals surface area contributed by atoms with E-state index in [4.69, 9.17) is 10.5 Å². The molecule has 1 aliphatic carbocycles. The van der Waals surface area contributed by atoms with Gasteiger partial charge in [0.15, 0.2) is 0 Å². The number of hydrogen-bond acceptors (Lipinski definition) is 2. The van der Waals surface area contributed by atoms with Crippen molar-refractivity contribution in [1.29, 1.82) is 0 Å². The Labute approximate surface area is 69.5 Å². The summed E-state index contributed by atoms with van der Waals surface area (Å²) in [5.41, 5.74) is 5.39. The Hall–Kier alpha value is 0.0700. The maximum atomic E-state index is 12.6. The fourth-order valence-electron chi connectivity index (χ4n) is 1.65. The van der Waals surface area contributed by atoms with Crippen LogP contribution in [0.25, 0.3) is 0 Å². The Balaban J connectivity index is 0.000000605. The normalized spacial score (nSPS) is 45.5. The Bertz CT molecular complexity index is 167. The van der Waals surface area contributed by atoms with Crippen molar-refractivity contribution < 1.29 is 13.5 Å². The molecule has 0 spiro atoms. The molecule has 5 heteroatoms. The molecule has 0 aromatic carbocycles. The smallest absolute Gasteiger partial charge is 0.258 e. The van der Waals surface area contributed by atoms with Crippen LogP contribution in [0.3, 0.4) is 0 Å². The molecular weight excluding hydrogens is 176 g/mol. The topological polar surface area (TPSA) is 35.2 Å². The first-order chi connectivity index (χ1) is 4.64. The molecule has 3 atom stereocenters. The van der Waals surface area contributed by atoms with Gasteiger partial charge in [0.05, 0.1) is 25.0 Å². The highest BCUT2D eigenvalue weighted by Crippen LogP contribution is 2.58. The van der Waals surface area contributed by atoms with E-state index in [0.717, 1.165) is 0 Å². The van der Waals surface area contributed by atoms with E-state index < -0.39 is 23.8 Å². The molecule has 3 unspecified atom stereocenters. The van der Waals surface area contributed by atoms with Gasteiger partial charge in [-0.3, -0.25) is 0 Å². The van der Waals surface area contributed by atoms with E-state index in [9.17, 15) is 8.78 Å². The third-order valence-corrected chi connectivity index (χ3v) is 2.33. The summed E-state index contributed by atoms with van der Waals surface area (Å²) < 4.78 is 30.1. The maximum Gasteiger partial charge on any atom is 0.258 e. The molecule has 1 aliphatic heterocycles. The molecule has 0 aromatic rings. The lowest BCUT2D eigenvalue weighted by atomic mass is 10.1. The van der Waals surface area contributed by atoms with Crippen LogP contribution < -0.4 is 5.73 Å². The standard InChI is InChI=1S/C6H9F2NO.ClH/c7-6(8)3-1-10-2-4(9)5(3)6;/h3-5H,1-2,9H2;1H. The van der Waals surface area contributed by atoms with Gasteiger partial charge < -0.3 is 10.5 Å². The minimum atomic E-state index is -2.53. The zero-order chi connectivity index (χ0) is 7.35. The molecule has 1 saturated carbocycles. The predicted molar refractivity (Wildman–Crippen MR) is 38.0 cm³/mol. The van der Waals surface area contributed by atoms with Gasteiger partial charge in [0.25, 0.3) is 5.92 Å². The second-order valence-electron chi connectivity index (χ2n) is 3.01. The molecule has 2 N–H and O–H groups in total. The van der Waals surface area contributed by atoms with Gasteiger partial charge >= 0.3 is 0 Å². The van der Waals surface area contributed by atoms with Crippen LogP contribution in [0, 0.1) is 11.8 Å². The van der Waals surface area contributed by atoms with Crippen molar-refractivity contribution in [1.82, 2.24) is 0 Å². The van der Waals surface area contributed by atoms with Crippen LogP contribution in [0.4, 0.5) is 8.78 Å². The Morgan fingerprint density at radius 2 is 2.00 bits per heavy atom. The van der Waals surface area contributed by atoms with E-state index in [1.165, 1.54) is 0 Å². The molecule has 2 rings (SSSR count). The van der Waals surface area contributed by atoms with Gasteiger partial charge in [-0.25, -0.2) is 8.78 Å². The van der Waals surface area contributed by atoms with Gasteiger partial charge in [0.2, 0.25) is 0 Å². The van der Waals surface area contributed by atoms with E-state index in [2.05, 4.69) is 0 Å². The Morgan fingerprint density at radius 3 is 2.45 bits per heavy atom. The van der Waals surface area contributed by atoms with Gasteiger partial charge in [-0.2, -0.15) is 0 Å². The van der Waals surface area contributed by atoms with Crippen LogP contribution in [0.2, 0.25) is 0 Å². The number of alkyl halides is 2. The van der Waals surface area contributed by atoms with Crippen molar-refractivity contribution in [3.05, 3.63) is 0 Å². The van der Waals surface area contributed by atoms with Crippen LogP contribution >= 0.6 is 12.4 Å². The third kappa shape index (κ3) is 1.13. The third-order valence-electron chi connectivity index (χ3n) is 2.33. The second kappa shape index (κ2) is 2.54. The van der Waals surface area contributed by atoms with E-state index in [-0.39, 0.29) is 25.6 Å². The number of nitrogens with two attached hydrogens (primary N) is 1. The lowest BCUT2D eigenvalue weighted by Gasteiger charge is -2.14. The average molecular weight is 186 g/mol. The van der Waals surface area contributed by atoms with Gasteiger partial charge in [-0.05, 0) is 0 Å². The van der Waals surface area contributed by atoms with Crippen molar-refractivity contribution in [3.63, 3.8) is 0 Å². The molecule has 0 bridgehead atoms. The van der Waals surface area contributed by atoms with E-state index >= 15 is 0 Å². The SMILES string of the molecule is Cl.NC1COCC2C1C2(F)F. The number of rotatable bonds is 0. The predicted octanol–water partition coefficient (Wildman–Crippen LogP) is 0.647. The summed E-state index contributed by atoms with van der Waals surface area (Å²) in [6.45, 7) is 0.474. The molecule has 1 heterocycles. The van der Waals surface area contributed by atoms with Crippen LogP contribution in [0.15, 0.2) is 0 Å². The van der Waals surface area contributed by atoms with E-state index in [0.29, 0.717) is 0 Å². The molecule has 0 aromatic heterocycles. The molecule has 2 aliphatic rings. The number of halogens is 3. The molecule has 0 radical (unpaired) electrons. The highest BCUT2D eigenvalue weighted by molar-refractivity contribution is 5.85. The molecule has 2 nitrogen and oxygen atoms in total. The van der Waals surface area contributed by atoms with Gasteiger partial charge in [-0.15, -0.1) is 12.4 Å². The van der Waals surface area contributed by atoms with Crippen LogP contribution in [0.5, 0.6) is 0 Å². The summed E-state index contributed by atoms with van der Waals surface area (Å²) in [5.74, 6) is -3.71. The molecule has 66 valence electrons. The molecule has 0 amide bonds. The minimum Gasteiger partial charge on any atom is -0.379 e. The van der Waals surface area contributed by atoms with E-state index in [1.807, 2.05) is 0 Å². The van der Waals surface area contributed by atoms with Crippen molar-refractivity contribution in [2.24, 2.45) is 17.6 Å². The summed E-state index contributed by atoms with van der Waals surface area (Å²) >= 11 is 0. The van der Waals surface area contributed by atoms with Crippen LogP contribution in [-0.2, 0) is 4.74 Å². The Kier molecular flexibility index (Phi) is 2.11. The van der Waals surface area contributed by atoms with Crippen molar-refractivity contribution in [2.45, 2.75) is 12.0 Å². The first-order valence-corrected chi connectivity index (χ1v) is 3.35. The second-order valence-corrected chi connectivity index (χ2v) is 3.01. The van der Waals surface area contributed by atoms with Gasteiger partial charge in [0.1, 0.15) is 0 Å². The summed E-state index contributed by atoms with van der Waals surface area (Å²) in [5, 5.41) is 0. The molecule has 1 saturated heterocycles. The van der Waals surface area contributed by atoms with E-state index in [1.54, 1.807) is 0 Å². The summed E-state index contributed by atoms with van der Waals surface area (Å²) in [6, 6.07) is -0.450. The summed E-state index contributed by atoms with van der Waals surface area (Å²) in [6.07, 6.45) is 0. The monoisotopic (exact) mass is 185 g/mol. The average Bonchev–Trinajstić information content (AvgIpc) is 2.38. The summed E-state index contributed by atoms with van der Waals surface area (Å²) in [7, 11) is 0. The lowest BCUT2D eigenvalue weighted by molar-refractivity contribution is 0.0629. The highest BCUT2D eigenvalue weighted by atomic mass is 35.5. The quantitative estimate of drug-likeness (QED) is 0.602. The number of ether oxygens (including phenoxy) is 1. The zero-order valence-corrected chi connectivity index (χ0v) is 6.61. The first-order valence-electron chi connectivity index (χ1n) is 3.35. The van der Waals surface area contributed by atoms with Gasteiger partial charge in [-0.1, -0.05) is 0 Å². The number of fused-ring (bicyclic) bond motifs is 1. The van der Waals surface area contributed by atoms with Crippen molar-refractivity contribution >= 4 is 12.4 Å². The highest BCUT2D eigenvalue weighted by Gasteiger charge is 2.71. The fourth-order valence-corrected chi connectivity index (χ4v) is 1.65.